The summed E-state index contributed by atoms with van der Waals surface area (Å²) in [5.74, 6) is 0.476. The molecule has 0 aromatic rings. The van der Waals surface area contributed by atoms with Crippen LogP contribution in [0.5, 0.6) is 0 Å². The third kappa shape index (κ3) is 9.05. The fourth-order valence-electron chi connectivity index (χ4n) is 1.37. The highest BCUT2D eigenvalue weighted by Gasteiger charge is 2.13. The van der Waals surface area contributed by atoms with Crippen LogP contribution in [0.4, 0.5) is 0 Å². The van der Waals surface area contributed by atoms with Crippen molar-refractivity contribution in [3.63, 3.8) is 0 Å². The Balaban J connectivity index is 3.62. The molecule has 0 amide bonds. The van der Waals surface area contributed by atoms with Gasteiger partial charge in [-0.1, -0.05) is 27.7 Å². The van der Waals surface area contributed by atoms with Crippen molar-refractivity contribution in [3.8, 4) is 6.07 Å². The molecule has 0 aliphatic heterocycles. The molecule has 0 saturated carbocycles. The fraction of sp³-hybridized carbons (Fsp3) is 0.818. The lowest BCUT2D eigenvalue weighted by molar-refractivity contribution is 0.348. The summed E-state index contributed by atoms with van der Waals surface area (Å²) in [6.07, 6.45) is 3.55. The molecule has 0 aliphatic rings. The van der Waals surface area contributed by atoms with Gasteiger partial charge in [0.15, 0.2) is 0 Å². The first-order valence-electron chi connectivity index (χ1n) is 5.09. The van der Waals surface area contributed by atoms with E-state index in [1.165, 1.54) is 0 Å². The number of nitrogens with one attached hydrogen (secondary N) is 1. The van der Waals surface area contributed by atoms with Crippen LogP contribution in [0.3, 0.4) is 0 Å². The van der Waals surface area contributed by atoms with E-state index in [1.54, 1.807) is 0 Å². The maximum absolute atomic E-state index is 8.29. The van der Waals surface area contributed by atoms with Gasteiger partial charge in [0.1, 0.15) is 0 Å². The third-order valence-corrected chi connectivity index (χ3v) is 1.70. The van der Waals surface area contributed by atoms with Crippen molar-refractivity contribution in [2.24, 2.45) is 16.4 Å². The van der Waals surface area contributed by atoms with Gasteiger partial charge in [0.25, 0.3) is 0 Å². The second kappa shape index (κ2) is 6.42. The molecule has 0 aliphatic carbocycles. The van der Waals surface area contributed by atoms with Gasteiger partial charge in [-0.2, -0.15) is 10.4 Å². The Labute approximate surface area is 87.2 Å². The average molecular weight is 195 g/mol. The molecule has 0 bridgehead atoms. The molecular formula is C11H21N3. The fourth-order valence-corrected chi connectivity index (χ4v) is 1.37. The largest absolute Gasteiger partial charge is 0.309 e. The molecule has 0 saturated heterocycles. The molecule has 14 heavy (non-hydrogen) atoms. The minimum absolute atomic E-state index is 0.345. The molecule has 0 radical (unpaired) electrons. The Bertz CT molecular complexity index is 208. The van der Waals surface area contributed by atoms with Crippen molar-refractivity contribution in [3.05, 3.63) is 0 Å². The summed E-state index contributed by atoms with van der Waals surface area (Å²) in [6, 6.07) is 2.06. The second-order valence-electron chi connectivity index (χ2n) is 4.84. The monoisotopic (exact) mass is 195 g/mol. The maximum atomic E-state index is 8.29. The number of hydrogen-bond acceptors (Lipinski definition) is 3. The first kappa shape index (κ1) is 13.0. The topological polar surface area (TPSA) is 48.2 Å². The van der Waals surface area contributed by atoms with E-state index in [0.29, 0.717) is 24.3 Å². The Morgan fingerprint density at radius 3 is 2.64 bits per heavy atom. The van der Waals surface area contributed by atoms with Crippen LogP contribution < -0.4 is 5.43 Å². The van der Waals surface area contributed by atoms with Crippen LogP contribution in [-0.2, 0) is 0 Å². The van der Waals surface area contributed by atoms with Crippen molar-refractivity contribution in [1.82, 2.24) is 5.43 Å². The molecule has 1 unspecified atom stereocenters. The predicted octanol–water partition coefficient (Wildman–Crippen LogP) is 2.55. The number of hydrazone groups is 1. The minimum atomic E-state index is 0.345. The number of nitrogens with zero attached hydrogens (tertiary/aromatic N) is 2. The van der Waals surface area contributed by atoms with Crippen molar-refractivity contribution in [2.45, 2.75) is 40.5 Å². The van der Waals surface area contributed by atoms with Crippen LogP contribution in [0.25, 0.3) is 0 Å². The van der Waals surface area contributed by atoms with E-state index >= 15 is 0 Å². The zero-order chi connectivity index (χ0) is 11.0. The first-order valence-corrected chi connectivity index (χ1v) is 5.09. The van der Waals surface area contributed by atoms with E-state index in [-0.39, 0.29) is 0 Å². The molecule has 0 fully saturated rings. The van der Waals surface area contributed by atoms with Gasteiger partial charge in [-0.25, -0.2) is 0 Å². The standard InChI is InChI=1S/C11H21N3/c1-10(8-11(2,3)4)9-14-13-7-5-6-12/h9-10,13H,5,7-8H2,1-4H3/b14-9+. The van der Waals surface area contributed by atoms with Crippen LogP contribution >= 0.6 is 0 Å². The minimum Gasteiger partial charge on any atom is -0.309 e. The van der Waals surface area contributed by atoms with Crippen molar-refractivity contribution < 1.29 is 0 Å². The van der Waals surface area contributed by atoms with Crippen molar-refractivity contribution in [2.75, 3.05) is 6.54 Å². The lowest BCUT2D eigenvalue weighted by Crippen LogP contribution is -2.14. The zero-order valence-corrected chi connectivity index (χ0v) is 9.67. The van der Waals surface area contributed by atoms with Crippen molar-refractivity contribution in [1.29, 1.82) is 5.26 Å². The van der Waals surface area contributed by atoms with E-state index in [9.17, 15) is 0 Å². The summed E-state index contributed by atoms with van der Waals surface area (Å²) in [7, 11) is 0. The lowest BCUT2D eigenvalue weighted by Gasteiger charge is -2.20. The van der Waals surface area contributed by atoms with Gasteiger partial charge < -0.3 is 5.43 Å². The average Bonchev–Trinajstić information content (AvgIpc) is 2.00. The Morgan fingerprint density at radius 1 is 1.50 bits per heavy atom. The number of nitriles is 1. The van der Waals surface area contributed by atoms with E-state index < -0.39 is 0 Å². The molecule has 0 heterocycles. The van der Waals surface area contributed by atoms with E-state index in [0.717, 1.165) is 6.42 Å². The predicted molar refractivity (Wildman–Crippen MR) is 60.0 cm³/mol. The molecule has 0 aromatic heterocycles. The lowest BCUT2D eigenvalue weighted by atomic mass is 9.86. The van der Waals surface area contributed by atoms with Gasteiger partial charge in [0.05, 0.1) is 12.5 Å². The smallest absolute Gasteiger partial charge is 0.0640 e. The molecule has 1 N–H and O–H groups in total. The molecular weight excluding hydrogens is 174 g/mol. The Hall–Kier alpha value is -1.04. The second-order valence-corrected chi connectivity index (χ2v) is 4.84. The highest BCUT2D eigenvalue weighted by molar-refractivity contribution is 5.59. The summed E-state index contributed by atoms with van der Waals surface area (Å²) >= 11 is 0. The summed E-state index contributed by atoms with van der Waals surface area (Å²) < 4.78 is 0. The Kier molecular flexibility index (Phi) is 5.94. The van der Waals surface area contributed by atoms with Gasteiger partial charge >= 0.3 is 0 Å². The van der Waals surface area contributed by atoms with Gasteiger partial charge in [-0.15, -0.1) is 0 Å². The highest BCUT2D eigenvalue weighted by Crippen LogP contribution is 2.22. The summed E-state index contributed by atoms with van der Waals surface area (Å²) in [4.78, 5) is 0. The van der Waals surface area contributed by atoms with Crippen LogP contribution in [0.15, 0.2) is 5.10 Å². The van der Waals surface area contributed by atoms with Gasteiger partial charge in [0.2, 0.25) is 0 Å². The third-order valence-electron chi connectivity index (χ3n) is 1.70. The quantitative estimate of drug-likeness (QED) is 0.416. The van der Waals surface area contributed by atoms with Gasteiger partial charge in [-0.3, -0.25) is 0 Å². The zero-order valence-electron chi connectivity index (χ0n) is 9.67. The van der Waals surface area contributed by atoms with Gasteiger partial charge in [-0.05, 0) is 17.8 Å². The molecule has 3 heteroatoms. The Morgan fingerprint density at radius 2 is 2.14 bits per heavy atom. The molecule has 1 atom stereocenters. The van der Waals surface area contributed by atoms with E-state index in [2.05, 4.69) is 44.3 Å². The van der Waals surface area contributed by atoms with Crippen LogP contribution in [0, 0.1) is 22.7 Å². The van der Waals surface area contributed by atoms with Crippen LogP contribution in [0.1, 0.15) is 40.5 Å². The first-order chi connectivity index (χ1) is 6.45. The molecule has 0 spiro atoms. The van der Waals surface area contributed by atoms with Gasteiger partial charge in [0, 0.05) is 12.8 Å². The van der Waals surface area contributed by atoms with Crippen LogP contribution in [0.2, 0.25) is 0 Å². The molecule has 0 aromatic carbocycles. The highest BCUT2D eigenvalue weighted by atomic mass is 15.3. The molecule has 0 rings (SSSR count). The SMILES string of the molecule is CC(/C=N/NCCC#N)CC(C)(C)C. The van der Waals surface area contributed by atoms with Crippen molar-refractivity contribution >= 4 is 6.21 Å². The normalized spacial score (nSPS) is 13.9. The maximum Gasteiger partial charge on any atom is 0.0640 e. The van der Waals surface area contributed by atoms with E-state index in [4.69, 9.17) is 5.26 Å². The summed E-state index contributed by atoms with van der Waals surface area (Å²) in [5, 5.41) is 12.4. The summed E-state index contributed by atoms with van der Waals surface area (Å²) in [6.45, 7) is 9.46. The van der Waals surface area contributed by atoms with E-state index in [1.807, 2.05) is 6.21 Å². The van der Waals surface area contributed by atoms with Crippen LogP contribution in [-0.4, -0.2) is 12.8 Å². The number of hydrogen-bond donors (Lipinski definition) is 1. The molecule has 80 valence electrons. The number of rotatable bonds is 5. The molecule has 3 nitrogen and oxygen atoms in total. The summed E-state index contributed by atoms with van der Waals surface area (Å²) in [5.41, 5.74) is 3.20.